The lowest BCUT2D eigenvalue weighted by Crippen LogP contribution is -2.44. The first kappa shape index (κ1) is 17.2. The summed E-state index contributed by atoms with van der Waals surface area (Å²) < 4.78 is 17.6. The molecule has 0 aliphatic rings. The Balaban J connectivity index is 2.73. The number of hydrogen-bond acceptors (Lipinski definition) is 3. The van der Waals surface area contributed by atoms with Crippen molar-refractivity contribution >= 4 is 29.6 Å². The highest BCUT2D eigenvalue weighted by Gasteiger charge is 2.23. The standard InChI is InChI=1S/C15H17ClFNO3/c1-9(2)14(15(20)21-3)18-13(19)7-5-10-4-6-12(17)11(16)8-10/h4-9,14H,1-3H3,(H,18,19)/b7-5+. The molecule has 1 atom stereocenters. The molecule has 0 fully saturated rings. The lowest BCUT2D eigenvalue weighted by Gasteiger charge is -2.18. The molecule has 114 valence electrons. The van der Waals surface area contributed by atoms with Crippen molar-refractivity contribution < 1.29 is 18.7 Å². The summed E-state index contributed by atoms with van der Waals surface area (Å²) in [6, 6.07) is 3.39. The van der Waals surface area contributed by atoms with E-state index in [0.29, 0.717) is 5.56 Å². The van der Waals surface area contributed by atoms with Crippen LogP contribution in [-0.4, -0.2) is 25.0 Å². The van der Waals surface area contributed by atoms with Crippen LogP contribution in [-0.2, 0) is 14.3 Å². The van der Waals surface area contributed by atoms with E-state index in [2.05, 4.69) is 10.1 Å². The molecule has 0 aliphatic heterocycles. The van der Waals surface area contributed by atoms with Gasteiger partial charge < -0.3 is 10.1 Å². The van der Waals surface area contributed by atoms with Crippen LogP contribution in [0, 0.1) is 11.7 Å². The number of benzene rings is 1. The van der Waals surface area contributed by atoms with Gasteiger partial charge in [0.15, 0.2) is 0 Å². The molecule has 0 saturated heterocycles. The first-order chi connectivity index (χ1) is 9.85. The number of methoxy groups -OCH3 is 1. The number of amides is 1. The zero-order valence-corrected chi connectivity index (χ0v) is 12.8. The fourth-order valence-corrected chi connectivity index (χ4v) is 1.80. The normalized spacial score (nSPS) is 12.5. The van der Waals surface area contributed by atoms with Crippen LogP contribution in [0.4, 0.5) is 4.39 Å². The van der Waals surface area contributed by atoms with Gasteiger partial charge in [0, 0.05) is 6.08 Å². The van der Waals surface area contributed by atoms with Crippen molar-refractivity contribution in [2.75, 3.05) is 7.11 Å². The Morgan fingerprint density at radius 3 is 2.57 bits per heavy atom. The lowest BCUT2D eigenvalue weighted by atomic mass is 10.0. The lowest BCUT2D eigenvalue weighted by molar-refractivity contribution is -0.145. The third-order valence-corrected chi connectivity index (χ3v) is 3.08. The number of ether oxygens (including phenoxy) is 1. The Morgan fingerprint density at radius 1 is 1.38 bits per heavy atom. The summed E-state index contributed by atoms with van der Waals surface area (Å²) in [6.07, 6.45) is 2.73. The molecule has 1 aromatic carbocycles. The maximum Gasteiger partial charge on any atom is 0.328 e. The van der Waals surface area contributed by atoms with E-state index in [0.717, 1.165) is 0 Å². The average molecular weight is 314 g/mol. The van der Waals surface area contributed by atoms with Crippen LogP contribution < -0.4 is 5.32 Å². The molecule has 1 rings (SSSR count). The number of esters is 1. The van der Waals surface area contributed by atoms with E-state index in [-0.39, 0.29) is 10.9 Å². The maximum atomic E-state index is 13.0. The minimum atomic E-state index is -0.719. The zero-order chi connectivity index (χ0) is 16.0. The molecular formula is C15H17ClFNO3. The predicted molar refractivity (Wildman–Crippen MR) is 79.2 cm³/mol. The topological polar surface area (TPSA) is 55.4 Å². The van der Waals surface area contributed by atoms with Crippen LogP contribution in [0.1, 0.15) is 19.4 Å². The molecule has 21 heavy (non-hydrogen) atoms. The Bertz CT molecular complexity index is 558. The molecule has 0 heterocycles. The van der Waals surface area contributed by atoms with Gasteiger partial charge in [-0.3, -0.25) is 4.79 Å². The van der Waals surface area contributed by atoms with E-state index in [4.69, 9.17) is 11.6 Å². The molecule has 0 radical (unpaired) electrons. The fourth-order valence-electron chi connectivity index (χ4n) is 1.61. The third kappa shape index (κ3) is 5.19. The van der Waals surface area contributed by atoms with Crippen LogP contribution in [0.5, 0.6) is 0 Å². The number of nitrogens with one attached hydrogen (secondary N) is 1. The maximum absolute atomic E-state index is 13.0. The number of rotatable bonds is 5. The van der Waals surface area contributed by atoms with E-state index in [1.807, 2.05) is 0 Å². The van der Waals surface area contributed by atoms with Gasteiger partial charge in [-0.15, -0.1) is 0 Å². The summed E-state index contributed by atoms with van der Waals surface area (Å²) in [5.41, 5.74) is 0.579. The first-order valence-electron chi connectivity index (χ1n) is 6.36. The van der Waals surface area contributed by atoms with E-state index in [1.54, 1.807) is 13.8 Å². The fraction of sp³-hybridized carbons (Fsp3) is 0.333. The Hall–Kier alpha value is -1.88. The predicted octanol–water partition coefficient (Wildman–Crippen LogP) is 2.81. The molecule has 4 nitrogen and oxygen atoms in total. The van der Waals surface area contributed by atoms with Crippen molar-refractivity contribution in [2.45, 2.75) is 19.9 Å². The zero-order valence-electron chi connectivity index (χ0n) is 12.0. The summed E-state index contributed by atoms with van der Waals surface area (Å²) in [5, 5.41) is 2.53. The van der Waals surface area contributed by atoms with E-state index in [9.17, 15) is 14.0 Å². The van der Waals surface area contributed by atoms with Crippen LogP contribution in [0.25, 0.3) is 6.08 Å². The van der Waals surface area contributed by atoms with Gasteiger partial charge in [0.2, 0.25) is 5.91 Å². The molecule has 0 spiro atoms. The number of halogens is 2. The first-order valence-corrected chi connectivity index (χ1v) is 6.74. The summed E-state index contributed by atoms with van der Waals surface area (Å²) in [4.78, 5) is 23.3. The molecule has 0 saturated carbocycles. The van der Waals surface area contributed by atoms with Crippen molar-refractivity contribution in [3.05, 3.63) is 40.7 Å². The van der Waals surface area contributed by atoms with Gasteiger partial charge in [0.05, 0.1) is 12.1 Å². The van der Waals surface area contributed by atoms with Gasteiger partial charge in [-0.25, -0.2) is 9.18 Å². The second-order valence-corrected chi connectivity index (χ2v) is 5.17. The van der Waals surface area contributed by atoms with Gasteiger partial charge in [-0.1, -0.05) is 31.5 Å². The van der Waals surface area contributed by atoms with Crippen molar-refractivity contribution in [1.82, 2.24) is 5.32 Å². The van der Waals surface area contributed by atoms with Crippen molar-refractivity contribution in [1.29, 1.82) is 0 Å². The van der Waals surface area contributed by atoms with Crippen molar-refractivity contribution in [2.24, 2.45) is 5.92 Å². The monoisotopic (exact) mass is 313 g/mol. The van der Waals surface area contributed by atoms with Crippen LogP contribution in [0.2, 0.25) is 5.02 Å². The molecule has 1 unspecified atom stereocenters. The van der Waals surface area contributed by atoms with Crippen LogP contribution >= 0.6 is 11.6 Å². The Labute approximate surface area is 127 Å². The van der Waals surface area contributed by atoms with Crippen molar-refractivity contribution in [3.63, 3.8) is 0 Å². The van der Waals surface area contributed by atoms with Gasteiger partial charge in [-0.05, 0) is 29.7 Å². The summed E-state index contributed by atoms with van der Waals surface area (Å²) in [7, 11) is 1.26. The Morgan fingerprint density at radius 2 is 2.05 bits per heavy atom. The molecule has 1 amide bonds. The van der Waals surface area contributed by atoms with Crippen LogP contribution in [0.3, 0.4) is 0 Å². The number of hydrogen-bond donors (Lipinski definition) is 1. The summed E-state index contributed by atoms with van der Waals surface area (Å²) in [5.74, 6) is -1.57. The van der Waals surface area contributed by atoms with E-state index >= 15 is 0 Å². The molecule has 0 aromatic heterocycles. The molecule has 0 bridgehead atoms. The highest BCUT2D eigenvalue weighted by molar-refractivity contribution is 6.30. The average Bonchev–Trinajstić information content (AvgIpc) is 2.44. The molecule has 6 heteroatoms. The van der Waals surface area contributed by atoms with Gasteiger partial charge in [-0.2, -0.15) is 0 Å². The minimum Gasteiger partial charge on any atom is -0.467 e. The van der Waals surface area contributed by atoms with Gasteiger partial charge in [0.25, 0.3) is 0 Å². The van der Waals surface area contributed by atoms with E-state index < -0.39 is 23.7 Å². The van der Waals surface area contributed by atoms with Crippen molar-refractivity contribution in [3.8, 4) is 0 Å². The molecule has 1 aromatic rings. The number of carbonyl (C=O) groups is 2. The smallest absolute Gasteiger partial charge is 0.328 e. The second kappa shape index (κ2) is 7.78. The largest absolute Gasteiger partial charge is 0.467 e. The van der Waals surface area contributed by atoms with Gasteiger partial charge >= 0.3 is 5.97 Å². The molecular weight excluding hydrogens is 297 g/mol. The van der Waals surface area contributed by atoms with E-state index in [1.165, 1.54) is 37.5 Å². The molecule has 1 N–H and O–H groups in total. The van der Waals surface area contributed by atoms with Gasteiger partial charge in [0.1, 0.15) is 11.9 Å². The number of carbonyl (C=O) groups excluding carboxylic acids is 2. The highest BCUT2D eigenvalue weighted by atomic mass is 35.5. The van der Waals surface area contributed by atoms with Crippen LogP contribution in [0.15, 0.2) is 24.3 Å². The SMILES string of the molecule is COC(=O)C(NC(=O)/C=C/c1ccc(F)c(Cl)c1)C(C)C. The quantitative estimate of drug-likeness (QED) is 0.672. The summed E-state index contributed by atoms with van der Waals surface area (Å²) >= 11 is 5.64. The Kier molecular flexibility index (Phi) is 6.37. The second-order valence-electron chi connectivity index (χ2n) is 4.76. The minimum absolute atomic E-state index is 0.0211. The third-order valence-electron chi connectivity index (χ3n) is 2.79. The highest BCUT2D eigenvalue weighted by Crippen LogP contribution is 2.16. The summed E-state index contributed by atoms with van der Waals surface area (Å²) in [6.45, 7) is 3.59. The molecule has 0 aliphatic carbocycles.